The lowest BCUT2D eigenvalue weighted by atomic mass is 10.1. The van der Waals surface area contributed by atoms with Gasteiger partial charge in [-0.3, -0.25) is 10.2 Å². The monoisotopic (exact) mass is 326 g/mol. The molecule has 1 aromatic carbocycles. The predicted octanol–water partition coefficient (Wildman–Crippen LogP) is 2.76. The van der Waals surface area contributed by atoms with Crippen LogP contribution in [0, 0.1) is 5.92 Å². The molecular weight excluding hydrogens is 308 g/mol. The van der Waals surface area contributed by atoms with Gasteiger partial charge in [0.25, 0.3) is 5.91 Å². The highest BCUT2D eigenvalue weighted by atomic mass is 79.9. The summed E-state index contributed by atoms with van der Waals surface area (Å²) in [5, 5.41) is 0. The Labute approximate surface area is 121 Å². The number of hydrogen-bond donors (Lipinski definition) is 2. The molecule has 4 nitrogen and oxygen atoms in total. The quantitative estimate of drug-likeness (QED) is 0.496. The molecule has 1 aliphatic carbocycles. The molecule has 0 aromatic heterocycles. The number of amides is 1. The summed E-state index contributed by atoms with van der Waals surface area (Å²) in [4.78, 5) is 11.4. The third-order valence-electron chi connectivity index (χ3n) is 3.53. The maximum atomic E-state index is 11.4. The number of rotatable bonds is 5. The van der Waals surface area contributed by atoms with Crippen LogP contribution >= 0.6 is 15.9 Å². The lowest BCUT2D eigenvalue weighted by Crippen LogP contribution is -2.29. The van der Waals surface area contributed by atoms with Gasteiger partial charge >= 0.3 is 0 Å². The van der Waals surface area contributed by atoms with E-state index in [1.165, 1.54) is 25.7 Å². The zero-order chi connectivity index (χ0) is 13.7. The molecule has 0 bridgehead atoms. The van der Waals surface area contributed by atoms with E-state index in [4.69, 9.17) is 10.6 Å². The minimum atomic E-state index is -0.292. The van der Waals surface area contributed by atoms with E-state index in [1.807, 2.05) is 6.07 Å². The van der Waals surface area contributed by atoms with Gasteiger partial charge in [-0.05, 0) is 36.5 Å². The van der Waals surface area contributed by atoms with Gasteiger partial charge in [-0.25, -0.2) is 5.84 Å². The van der Waals surface area contributed by atoms with Gasteiger partial charge in [0, 0.05) is 16.6 Å². The van der Waals surface area contributed by atoms with Crippen LogP contribution in [-0.2, 0) is 11.3 Å². The highest BCUT2D eigenvalue weighted by Crippen LogP contribution is 2.26. The van der Waals surface area contributed by atoms with E-state index in [-0.39, 0.29) is 5.91 Å². The van der Waals surface area contributed by atoms with Crippen LogP contribution in [0.4, 0.5) is 0 Å². The zero-order valence-electron chi connectivity index (χ0n) is 10.8. The Kier molecular flexibility index (Phi) is 5.36. The smallest absolute Gasteiger partial charge is 0.265 e. The van der Waals surface area contributed by atoms with Gasteiger partial charge in [0.05, 0.1) is 6.61 Å². The molecule has 0 saturated heterocycles. The fourth-order valence-corrected chi connectivity index (χ4v) is 2.89. The Morgan fingerprint density at radius 2 is 2.16 bits per heavy atom. The molecule has 0 aliphatic heterocycles. The second kappa shape index (κ2) is 7.03. The van der Waals surface area contributed by atoms with Crippen LogP contribution in [0.5, 0.6) is 0 Å². The summed E-state index contributed by atoms with van der Waals surface area (Å²) in [6.45, 7) is 1.40. The summed E-state index contributed by atoms with van der Waals surface area (Å²) in [6, 6.07) is 5.40. The molecule has 104 valence electrons. The van der Waals surface area contributed by atoms with Gasteiger partial charge in [-0.2, -0.15) is 0 Å². The number of benzene rings is 1. The second-order valence-corrected chi connectivity index (χ2v) is 5.80. The Balaban J connectivity index is 1.87. The minimum absolute atomic E-state index is 0.292. The van der Waals surface area contributed by atoms with E-state index in [0.29, 0.717) is 12.2 Å². The zero-order valence-corrected chi connectivity index (χ0v) is 12.4. The van der Waals surface area contributed by atoms with Gasteiger partial charge in [0.1, 0.15) is 0 Å². The molecule has 0 atom stereocenters. The van der Waals surface area contributed by atoms with Crippen LogP contribution in [0.15, 0.2) is 22.7 Å². The fourth-order valence-electron chi connectivity index (χ4n) is 2.40. The van der Waals surface area contributed by atoms with Gasteiger partial charge in [-0.15, -0.1) is 0 Å². The number of carbonyl (C=O) groups excluding carboxylic acids is 1. The Hall–Kier alpha value is -0.910. The van der Waals surface area contributed by atoms with Crippen molar-refractivity contribution in [1.29, 1.82) is 0 Å². The molecule has 2 rings (SSSR count). The number of hydrogen-bond acceptors (Lipinski definition) is 3. The van der Waals surface area contributed by atoms with E-state index in [2.05, 4.69) is 21.4 Å². The SMILES string of the molecule is NNC(=O)c1ccc(COCC2CCCC2)c(Br)c1. The van der Waals surface area contributed by atoms with E-state index < -0.39 is 0 Å². The molecule has 0 heterocycles. The standard InChI is InChI=1S/C14H19BrN2O2/c15-13-7-11(14(18)17-16)5-6-12(13)9-19-8-10-3-1-2-4-10/h5-7,10H,1-4,8-9,16H2,(H,17,18). The summed E-state index contributed by atoms with van der Waals surface area (Å²) < 4.78 is 6.63. The van der Waals surface area contributed by atoms with Crippen LogP contribution in [-0.4, -0.2) is 12.5 Å². The van der Waals surface area contributed by atoms with Gasteiger partial charge in [0.15, 0.2) is 0 Å². The molecule has 0 unspecified atom stereocenters. The Morgan fingerprint density at radius 3 is 2.79 bits per heavy atom. The second-order valence-electron chi connectivity index (χ2n) is 4.95. The molecule has 19 heavy (non-hydrogen) atoms. The van der Waals surface area contributed by atoms with Crippen molar-refractivity contribution < 1.29 is 9.53 Å². The average Bonchev–Trinajstić information content (AvgIpc) is 2.93. The molecule has 1 aliphatic rings. The summed E-state index contributed by atoms with van der Waals surface area (Å²) in [5.41, 5.74) is 3.70. The maximum absolute atomic E-state index is 11.4. The number of carbonyl (C=O) groups is 1. The number of nitrogens with one attached hydrogen (secondary N) is 1. The molecule has 0 spiro atoms. The molecule has 1 saturated carbocycles. The van der Waals surface area contributed by atoms with Crippen LogP contribution in [0.2, 0.25) is 0 Å². The largest absolute Gasteiger partial charge is 0.376 e. The van der Waals surface area contributed by atoms with Crippen molar-refractivity contribution in [3.63, 3.8) is 0 Å². The highest BCUT2D eigenvalue weighted by Gasteiger charge is 2.15. The van der Waals surface area contributed by atoms with Crippen molar-refractivity contribution >= 4 is 21.8 Å². The van der Waals surface area contributed by atoms with Crippen molar-refractivity contribution in [2.24, 2.45) is 11.8 Å². The topological polar surface area (TPSA) is 64.3 Å². The van der Waals surface area contributed by atoms with Crippen LogP contribution in [0.1, 0.15) is 41.6 Å². The third kappa shape index (κ3) is 4.03. The molecule has 0 radical (unpaired) electrons. The number of halogens is 1. The van der Waals surface area contributed by atoms with Crippen LogP contribution < -0.4 is 11.3 Å². The normalized spacial score (nSPS) is 15.7. The van der Waals surface area contributed by atoms with Gasteiger partial charge in [0.2, 0.25) is 0 Å². The molecule has 1 fully saturated rings. The van der Waals surface area contributed by atoms with Gasteiger partial charge < -0.3 is 4.74 Å². The highest BCUT2D eigenvalue weighted by molar-refractivity contribution is 9.10. The first kappa shape index (κ1) is 14.5. The van der Waals surface area contributed by atoms with Crippen molar-refractivity contribution in [3.05, 3.63) is 33.8 Å². The van der Waals surface area contributed by atoms with E-state index in [9.17, 15) is 4.79 Å². The summed E-state index contributed by atoms with van der Waals surface area (Å²) in [7, 11) is 0. The van der Waals surface area contributed by atoms with Crippen molar-refractivity contribution in [1.82, 2.24) is 5.43 Å². The van der Waals surface area contributed by atoms with Crippen LogP contribution in [0.25, 0.3) is 0 Å². The van der Waals surface area contributed by atoms with Crippen molar-refractivity contribution in [2.75, 3.05) is 6.61 Å². The van der Waals surface area contributed by atoms with Crippen molar-refractivity contribution in [3.8, 4) is 0 Å². The van der Waals surface area contributed by atoms with Crippen molar-refractivity contribution in [2.45, 2.75) is 32.3 Å². The summed E-state index contributed by atoms with van der Waals surface area (Å²) >= 11 is 3.46. The first-order chi connectivity index (χ1) is 9.20. The minimum Gasteiger partial charge on any atom is -0.376 e. The first-order valence-corrected chi connectivity index (χ1v) is 7.37. The maximum Gasteiger partial charge on any atom is 0.265 e. The Bertz CT molecular complexity index is 445. The molecule has 3 N–H and O–H groups in total. The summed E-state index contributed by atoms with van der Waals surface area (Å²) in [5.74, 6) is 5.53. The van der Waals surface area contributed by atoms with Crippen LogP contribution in [0.3, 0.4) is 0 Å². The van der Waals surface area contributed by atoms with E-state index in [0.717, 1.165) is 22.6 Å². The number of nitrogen functional groups attached to an aromatic ring is 1. The first-order valence-electron chi connectivity index (χ1n) is 6.58. The number of nitrogens with two attached hydrogens (primary N) is 1. The van der Waals surface area contributed by atoms with E-state index >= 15 is 0 Å². The predicted molar refractivity (Wildman–Crippen MR) is 77.4 cm³/mol. The fraction of sp³-hybridized carbons (Fsp3) is 0.500. The van der Waals surface area contributed by atoms with Gasteiger partial charge in [-0.1, -0.05) is 34.8 Å². The Morgan fingerprint density at radius 1 is 1.42 bits per heavy atom. The average molecular weight is 327 g/mol. The third-order valence-corrected chi connectivity index (χ3v) is 4.27. The number of ether oxygens (including phenoxy) is 1. The summed E-state index contributed by atoms with van der Waals surface area (Å²) in [6.07, 6.45) is 5.24. The molecule has 5 heteroatoms. The number of hydrazine groups is 1. The lowest BCUT2D eigenvalue weighted by molar-refractivity contribution is 0.0884. The molecular formula is C14H19BrN2O2. The molecule has 1 amide bonds. The molecule has 1 aromatic rings. The van der Waals surface area contributed by atoms with E-state index in [1.54, 1.807) is 12.1 Å². The lowest BCUT2D eigenvalue weighted by Gasteiger charge is -2.11.